The highest BCUT2D eigenvalue weighted by Gasteiger charge is 2.25. The van der Waals surface area contributed by atoms with Crippen LogP contribution in [0.3, 0.4) is 0 Å². The van der Waals surface area contributed by atoms with Gasteiger partial charge in [0.15, 0.2) is 0 Å². The van der Waals surface area contributed by atoms with Crippen LogP contribution in [0.2, 0.25) is 0 Å². The second kappa shape index (κ2) is 10.3. The van der Waals surface area contributed by atoms with E-state index in [2.05, 4.69) is 22.6 Å². The molecule has 166 valence electrons. The number of hydrogen-bond acceptors (Lipinski definition) is 7. The SMILES string of the molecule is O=C(Oc1ccc(I)cc1)c1cccc(F)c1C(=O)Oc1cc(I)c(S(=O)(=O)[O-])c(I)c1. The Bertz CT molecular complexity index is 1300. The van der Waals surface area contributed by atoms with Crippen LogP contribution in [0, 0.1) is 16.5 Å². The van der Waals surface area contributed by atoms with E-state index in [4.69, 9.17) is 9.47 Å². The zero-order valence-electron chi connectivity index (χ0n) is 15.5. The lowest BCUT2D eigenvalue weighted by atomic mass is 10.1. The van der Waals surface area contributed by atoms with E-state index in [1.54, 1.807) is 69.4 Å². The number of esters is 2. The molecule has 0 spiro atoms. The van der Waals surface area contributed by atoms with Gasteiger partial charge in [-0.15, -0.1) is 0 Å². The minimum Gasteiger partial charge on any atom is -0.744 e. The minimum absolute atomic E-state index is 0.0270. The summed E-state index contributed by atoms with van der Waals surface area (Å²) in [5, 5.41) is 0. The number of halogens is 4. The van der Waals surface area contributed by atoms with E-state index in [1.165, 1.54) is 12.1 Å². The Labute approximate surface area is 222 Å². The molecule has 0 heterocycles. The van der Waals surface area contributed by atoms with Crippen LogP contribution in [0.4, 0.5) is 4.39 Å². The molecule has 0 saturated carbocycles. The molecule has 0 aliphatic carbocycles. The molecular formula is C20H9FI3O7S-. The first-order valence-electron chi connectivity index (χ1n) is 8.40. The van der Waals surface area contributed by atoms with Crippen molar-refractivity contribution in [2.75, 3.05) is 0 Å². The second-order valence-corrected chi connectivity index (χ2v) is 11.0. The molecule has 32 heavy (non-hydrogen) atoms. The van der Waals surface area contributed by atoms with Crippen LogP contribution in [0.5, 0.6) is 11.5 Å². The minimum atomic E-state index is -4.75. The second-order valence-electron chi connectivity index (χ2n) is 6.07. The Morgan fingerprint density at radius 2 is 1.41 bits per heavy atom. The van der Waals surface area contributed by atoms with Crippen molar-refractivity contribution < 1.29 is 36.4 Å². The monoisotopic (exact) mass is 793 g/mol. The molecule has 0 aromatic heterocycles. The first kappa shape index (κ1) is 25.3. The molecule has 0 unspecified atom stereocenters. The van der Waals surface area contributed by atoms with Crippen LogP contribution in [0.15, 0.2) is 59.5 Å². The predicted octanol–water partition coefficient (Wildman–Crippen LogP) is 4.98. The fraction of sp³-hybridized carbons (Fsp3) is 0. The summed E-state index contributed by atoms with van der Waals surface area (Å²) >= 11 is 5.30. The van der Waals surface area contributed by atoms with Crippen molar-refractivity contribution in [2.45, 2.75) is 4.90 Å². The Balaban J connectivity index is 1.92. The van der Waals surface area contributed by atoms with Gasteiger partial charge in [-0.3, -0.25) is 0 Å². The summed E-state index contributed by atoms with van der Waals surface area (Å²) in [5.41, 5.74) is -0.995. The highest BCUT2D eigenvalue weighted by atomic mass is 127. The number of hydrogen-bond donors (Lipinski definition) is 0. The average Bonchev–Trinajstić information content (AvgIpc) is 2.67. The molecule has 0 bridgehead atoms. The van der Waals surface area contributed by atoms with Gasteiger partial charge >= 0.3 is 11.9 Å². The number of ether oxygens (including phenoxy) is 2. The molecule has 3 rings (SSSR count). The van der Waals surface area contributed by atoms with E-state index >= 15 is 0 Å². The van der Waals surface area contributed by atoms with Crippen LogP contribution in [0.1, 0.15) is 20.7 Å². The fourth-order valence-electron chi connectivity index (χ4n) is 2.56. The Morgan fingerprint density at radius 3 is 1.97 bits per heavy atom. The third kappa shape index (κ3) is 5.95. The lowest BCUT2D eigenvalue weighted by Gasteiger charge is -2.14. The van der Waals surface area contributed by atoms with Gasteiger partial charge in [0.2, 0.25) is 0 Å². The van der Waals surface area contributed by atoms with Crippen molar-refractivity contribution in [1.29, 1.82) is 0 Å². The normalized spacial score (nSPS) is 11.2. The lowest BCUT2D eigenvalue weighted by Crippen LogP contribution is -2.19. The maximum absolute atomic E-state index is 14.5. The van der Waals surface area contributed by atoms with Crippen LogP contribution < -0.4 is 9.47 Å². The third-order valence-corrected chi connectivity index (χ3v) is 7.99. The van der Waals surface area contributed by atoms with Crippen molar-refractivity contribution in [3.8, 4) is 11.5 Å². The first-order valence-corrected chi connectivity index (χ1v) is 13.0. The summed E-state index contributed by atoms with van der Waals surface area (Å²) in [6.07, 6.45) is 0. The number of carbonyl (C=O) groups is 2. The molecule has 0 atom stereocenters. The molecule has 0 saturated heterocycles. The van der Waals surface area contributed by atoms with Crippen LogP contribution >= 0.6 is 67.8 Å². The predicted molar refractivity (Wildman–Crippen MR) is 135 cm³/mol. The lowest BCUT2D eigenvalue weighted by molar-refractivity contribution is 0.0687. The number of rotatable bonds is 5. The Hall–Kier alpha value is -1.37. The third-order valence-electron chi connectivity index (χ3n) is 3.89. The van der Waals surface area contributed by atoms with Crippen LogP contribution in [-0.2, 0) is 10.1 Å². The number of benzene rings is 3. The topological polar surface area (TPSA) is 110 Å². The molecule has 3 aromatic rings. The summed E-state index contributed by atoms with van der Waals surface area (Å²) in [5.74, 6) is -3.08. The van der Waals surface area contributed by atoms with Crippen molar-refractivity contribution in [3.05, 3.63) is 82.3 Å². The molecule has 0 fully saturated rings. The Kier molecular flexibility index (Phi) is 8.11. The van der Waals surface area contributed by atoms with Gasteiger partial charge in [-0.1, -0.05) is 6.07 Å². The molecule has 0 amide bonds. The molecule has 0 aliphatic heterocycles. The van der Waals surface area contributed by atoms with E-state index in [1.807, 2.05) is 0 Å². The van der Waals surface area contributed by atoms with Gasteiger partial charge < -0.3 is 14.0 Å². The molecule has 0 radical (unpaired) electrons. The summed E-state index contributed by atoms with van der Waals surface area (Å²) < 4.78 is 60.0. The molecule has 0 aliphatic rings. The molecular weight excluding hydrogens is 784 g/mol. The van der Waals surface area contributed by atoms with Crippen molar-refractivity contribution in [1.82, 2.24) is 0 Å². The molecule has 12 heteroatoms. The van der Waals surface area contributed by atoms with Crippen LogP contribution in [-0.4, -0.2) is 24.9 Å². The van der Waals surface area contributed by atoms with Crippen molar-refractivity contribution in [3.63, 3.8) is 0 Å². The molecule has 0 N–H and O–H groups in total. The largest absolute Gasteiger partial charge is 0.744 e. The van der Waals surface area contributed by atoms with Gasteiger partial charge in [-0.05, 0) is 116 Å². The number of carbonyl (C=O) groups excluding carboxylic acids is 2. The van der Waals surface area contributed by atoms with Gasteiger partial charge in [0, 0.05) is 10.7 Å². The van der Waals surface area contributed by atoms with E-state index in [0.29, 0.717) is 0 Å². The summed E-state index contributed by atoms with van der Waals surface area (Å²) in [6.45, 7) is 0. The average molecular weight is 793 g/mol. The maximum atomic E-state index is 14.5. The van der Waals surface area contributed by atoms with E-state index < -0.39 is 38.3 Å². The van der Waals surface area contributed by atoms with Crippen molar-refractivity contribution in [2.24, 2.45) is 0 Å². The van der Waals surface area contributed by atoms with Gasteiger partial charge in [0.25, 0.3) is 0 Å². The maximum Gasteiger partial charge on any atom is 0.347 e. The summed E-state index contributed by atoms with van der Waals surface area (Å²) in [4.78, 5) is 24.8. The van der Waals surface area contributed by atoms with Crippen LogP contribution in [0.25, 0.3) is 0 Å². The van der Waals surface area contributed by atoms with E-state index in [-0.39, 0.29) is 24.2 Å². The Morgan fingerprint density at radius 1 is 0.844 bits per heavy atom. The highest BCUT2D eigenvalue weighted by Crippen LogP contribution is 2.30. The molecule has 7 nitrogen and oxygen atoms in total. The van der Waals surface area contributed by atoms with Gasteiger partial charge in [0.1, 0.15) is 33.0 Å². The smallest absolute Gasteiger partial charge is 0.347 e. The molecule has 3 aromatic carbocycles. The van der Waals surface area contributed by atoms with Crippen molar-refractivity contribution >= 4 is 89.8 Å². The van der Waals surface area contributed by atoms with E-state index in [0.717, 1.165) is 21.8 Å². The van der Waals surface area contributed by atoms with E-state index in [9.17, 15) is 27.0 Å². The highest BCUT2D eigenvalue weighted by molar-refractivity contribution is 14.1. The van der Waals surface area contributed by atoms with Gasteiger partial charge in [0.05, 0.1) is 10.5 Å². The first-order chi connectivity index (χ1) is 15.0. The zero-order valence-corrected chi connectivity index (χ0v) is 22.8. The fourth-order valence-corrected chi connectivity index (χ4v) is 6.84. The summed E-state index contributed by atoms with van der Waals surface area (Å²) in [7, 11) is -4.75. The quantitative estimate of drug-likeness (QED) is 0.155. The van der Waals surface area contributed by atoms with Gasteiger partial charge in [-0.2, -0.15) is 0 Å². The standard InChI is InChI=1S/C20H10FI3O7S/c21-14-3-1-2-13(19(25)30-11-6-4-10(22)5-7-11)17(14)20(26)31-12-8-15(23)18(16(24)9-12)32(27,28)29/h1-9H,(H,27,28,29)/p-1. The zero-order chi connectivity index (χ0) is 23.6. The summed E-state index contributed by atoms with van der Waals surface area (Å²) in [6, 6.07) is 12.3. The van der Waals surface area contributed by atoms with Gasteiger partial charge in [-0.25, -0.2) is 22.4 Å².